The molecule has 4 nitrogen and oxygen atoms in total. The van der Waals surface area contributed by atoms with E-state index in [1.807, 2.05) is 24.3 Å². The van der Waals surface area contributed by atoms with Crippen LogP contribution in [0.25, 0.3) is 10.6 Å². The third-order valence-electron chi connectivity index (χ3n) is 1.93. The molecule has 0 aliphatic rings. The van der Waals surface area contributed by atoms with Crippen LogP contribution in [-0.2, 0) is 0 Å². The highest BCUT2D eigenvalue weighted by Gasteiger charge is 2.05. The molecule has 2 rings (SSSR count). The molecule has 0 unspecified atom stereocenters. The average Bonchev–Trinajstić information content (AvgIpc) is 2.78. The zero-order valence-corrected chi connectivity index (χ0v) is 9.25. The van der Waals surface area contributed by atoms with Crippen molar-refractivity contribution in [3.05, 3.63) is 24.3 Å². The van der Waals surface area contributed by atoms with E-state index >= 15 is 0 Å². The van der Waals surface area contributed by atoms with Crippen molar-refractivity contribution in [3.63, 3.8) is 0 Å². The van der Waals surface area contributed by atoms with Gasteiger partial charge in [-0.15, -0.1) is 4.37 Å². The Kier molecular flexibility index (Phi) is 2.82. The van der Waals surface area contributed by atoms with Crippen LogP contribution >= 0.6 is 11.5 Å². The average molecular weight is 222 g/mol. The number of benzene rings is 1. The summed E-state index contributed by atoms with van der Waals surface area (Å²) >= 11 is 1.31. The summed E-state index contributed by atoms with van der Waals surface area (Å²) in [5.41, 5.74) is 1.01. The number of hydrogen-bond acceptors (Lipinski definition) is 5. The smallest absolute Gasteiger partial charge is 0.328 e. The molecule has 15 heavy (non-hydrogen) atoms. The van der Waals surface area contributed by atoms with Crippen molar-refractivity contribution >= 4 is 11.5 Å². The lowest BCUT2D eigenvalue weighted by Crippen LogP contribution is -1.84. The van der Waals surface area contributed by atoms with Crippen LogP contribution < -0.4 is 9.47 Å². The third-order valence-corrected chi connectivity index (χ3v) is 2.67. The Balaban J connectivity index is 2.28. The molecule has 0 radical (unpaired) electrons. The maximum absolute atomic E-state index is 5.07. The zero-order chi connectivity index (χ0) is 10.7. The quantitative estimate of drug-likeness (QED) is 0.798. The summed E-state index contributed by atoms with van der Waals surface area (Å²) in [4.78, 5) is 4.20. The number of aromatic nitrogens is 2. The number of ether oxygens (including phenoxy) is 2. The molecule has 0 saturated heterocycles. The first-order chi connectivity index (χ1) is 7.33. The fraction of sp³-hybridized carbons (Fsp3) is 0.200. The van der Waals surface area contributed by atoms with E-state index in [-0.39, 0.29) is 0 Å². The normalized spacial score (nSPS) is 10.0. The second-order valence-corrected chi connectivity index (χ2v) is 3.57. The third kappa shape index (κ3) is 2.07. The van der Waals surface area contributed by atoms with Crippen LogP contribution in [0.2, 0.25) is 0 Å². The number of methoxy groups -OCH3 is 2. The van der Waals surface area contributed by atoms with E-state index in [4.69, 9.17) is 9.47 Å². The van der Waals surface area contributed by atoms with Crippen molar-refractivity contribution < 1.29 is 9.47 Å². The predicted molar refractivity (Wildman–Crippen MR) is 58.4 cm³/mol. The monoisotopic (exact) mass is 222 g/mol. The van der Waals surface area contributed by atoms with E-state index in [0.717, 1.165) is 16.3 Å². The zero-order valence-electron chi connectivity index (χ0n) is 8.43. The largest absolute Gasteiger partial charge is 0.497 e. The fourth-order valence-electron chi connectivity index (χ4n) is 1.14. The predicted octanol–water partition coefficient (Wildman–Crippen LogP) is 2.22. The molecular weight excluding hydrogens is 212 g/mol. The van der Waals surface area contributed by atoms with Gasteiger partial charge in [-0.05, 0) is 35.8 Å². The van der Waals surface area contributed by atoms with Crippen LogP contribution in [-0.4, -0.2) is 23.6 Å². The van der Waals surface area contributed by atoms with Gasteiger partial charge < -0.3 is 9.47 Å². The molecule has 0 spiro atoms. The van der Waals surface area contributed by atoms with Crippen molar-refractivity contribution in [3.8, 4) is 22.3 Å². The van der Waals surface area contributed by atoms with Crippen LogP contribution in [0.1, 0.15) is 0 Å². The van der Waals surface area contributed by atoms with Crippen LogP contribution in [0.15, 0.2) is 24.3 Å². The maximum Gasteiger partial charge on any atom is 0.328 e. The summed E-state index contributed by atoms with van der Waals surface area (Å²) in [5.74, 6) is 0.829. The highest BCUT2D eigenvalue weighted by molar-refractivity contribution is 7.09. The standard InChI is InChI=1S/C10H10N2O2S/c1-13-8-5-3-7(4-6-8)9-11-10(14-2)12-15-9/h3-6H,1-2H3. The topological polar surface area (TPSA) is 44.2 Å². The first kappa shape index (κ1) is 9.92. The Bertz CT molecular complexity index is 439. The molecule has 0 bridgehead atoms. The minimum absolute atomic E-state index is 0.408. The molecule has 1 aromatic heterocycles. The van der Waals surface area contributed by atoms with Gasteiger partial charge in [-0.1, -0.05) is 0 Å². The Labute approximate surface area is 91.7 Å². The molecule has 0 aliphatic heterocycles. The van der Waals surface area contributed by atoms with Crippen molar-refractivity contribution in [2.45, 2.75) is 0 Å². The second kappa shape index (κ2) is 4.27. The minimum atomic E-state index is 0.408. The molecule has 0 atom stereocenters. The van der Waals surface area contributed by atoms with E-state index in [0.29, 0.717) is 6.01 Å². The lowest BCUT2D eigenvalue weighted by atomic mass is 10.2. The second-order valence-electron chi connectivity index (χ2n) is 2.81. The van der Waals surface area contributed by atoms with E-state index in [1.54, 1.807) is 14.2 Å². The first-order valence-corrected chi connectivity index (χ1v) is 5.13. The molecule has 0 fully saturated rings. The SMILES string of the molecule is COc1ccc(-c2nc(OC)ns2)cc1. The van der Waals surface area contributed by atoms with Gasteiger partial charge >= 0.3 is 6.01 Å². The van der Waals surface area contributed by atoms with Crippen LogP contribution in [0.3, 0.4) is 0 Å². The molecular formula is C10H10N2O2S. The molecule has 0 amide bonds. The molecule has 1 aromatic carbocycles. The first-order valence-electron chi connectivity index (χ1n) is 4.35. The Morgan fingerprint density at radius 3 is 2.33 bits per heavy atom. The Hall–Kier alpha value is -1.62. The molecule has 2 aromatic rings. The van der Waals surface area contributed by atoms with Gasteiger partial charge in [0.1, 0.15) is 10.8 Å². The summed E-state index contributed by atoms with van der Waals surface area (Å²) in [6, 6.07) is 8.08. The summed E-state index contributed by atoms with van der Waals surface area (Å²) in [6.45, 7) is 0. The van der Waals surface area contributed by atoms with Crippen LogP contribution in [0, 0.1) is 0 Å². The molecule has 0 aliphatic carbocycles. The Morgan fingerprint density at radius 2 is 1.80 bits per heavy atom. The number of nitrogens with zero attached hydrogens (tertiary/aromatic N) is 2. The van der Waals surface area contributed by atoms with E-state index in [2.05, 4.69) is 9.36 Å². The summed E-state index contributed by atoms with van der Waals surface area (Å²) in [6.07, 6.45) is 0. The highest BCUT2D eigenvalue weighted by atomic mass is 32.1. The summed E-state index contributed by atoms with van der Waals surface area (Å²) < 4.78 is 14.0. The van der Waals surface area contributed by atoms with Gasteiger partial charge in [0.2, 0.25) is 0 Å². The lowest BCUT2D eigenvalue weighted by molar-refractivity contribution is 0.386. The molecule has 0 saturated carbocycles. The maximum atomic E-state index is 5.07. The fourth-order valence-corrected chi connectivity index (χ4v) is 1.78. The minimum Gasteiger partial charge on any atom is -0.497 e. The molecule has 78 valence electrons. The summed E-state index contributed by atoms with van der Waals surface area (Å²) in [5, 5.41) is 0.842. The van der Waals surface area contributed by atoms with Gasteiger partial charge in [0.15, 0.2) is 0 Å². The Morgan fingerprint density at radius 1 is 1.07 bits per heavy atom. The van der Waals surface area contributed by atoms with E-state index < -0.39 is 0 Å². The van der Waals surface area contributed by atoms with E-state index in [1.165, 1.54) is 11.5 Å². The number of hydrogen-bond donors (Lipinski definition) is 0. The van der Waals surface area contributed by atoms with Crippen molar-refractivity contribution in [2.24, 2.45) is 0 Å². The van der Waals surface area contributed by atoms with Gasteiger partial charge in [0.05, 0.1) is 14.2 Å². The van der Waals surface area contributed by atoms with Crippen LogP contribution in [0.5, 0.6) is 11.8 Å². The van der Waals surface area contributed by atoms with E-state index in [9.17, 15) is 0 Å². The van der Waals surface area contributed by atoms with Gasteiger partial charge in [-0.2, -0.15) is 4.98 Å². The van der Waals surface area contributed by atoms with Crippen LogP contribution in [0.4, 0.5) is 0 Å². The molecule has 1 heterocycles. The van der Waals surface area contributed by atoms with Gasteiger partial charge in [-0.3, -0.25) is 0 Å². The highest BCUT2D eigenvalue weighted by Crippen LogP contribution is 2.25. The molecule has 5 heteroatoms. The van der Waals surface area contributed by atoms with Crippen molar-refractivity contribution in [1.82, 2.24) is 9.36 Å². The van der Waals surface area contributed by atoms with Crippen molar-refractivity contribution in [2.75, 3.05) is 14.2 Å². The number of rotatable bonds is 3. The van der Waals surface area contributed by atoms with Gasteiger partial charge in [0, 0.05) is 5.56 Å². The lowest BCUT2D eigenvalue weighted by Gasteiger charge is -1.99. The summed E-state index contributed by atoms with van der Waals surface area (Å²) in [7, 11) is 3.20. The van der Waals surface area contributed by atoms with Gasteiger partial charge in [-0.25, -0.2) is 0 Å². The van der Waals surface area contributed by atoms with Crippen molar-refractivity contribution in [1.29, 1.82) is 0 Å². The van der Waals surface area contributed by atoms with Gasteiger partial charge in [0.25, 0.3) is 0 Å². The molecule has 0 N–H and O–H groups in total.